The molecule has 4 N–H and O–H groups in total. The summed E-state index contributed by atoms with van der Waals surface area (Å²) in [7, 11) is 0. The monoisotopic (exact) mass is 337 g/mol. The van der Waals surface area contributed by atoms with Gasteiger partial charge in [0.25, 0.3) is 5.88 Å². The highest BCUT2D eigenvalue weighted by molar-refractivity contribution is 5.88. The summed E-state index contributed by atoms with van der Waals surface area (Å²) in [6.45, 7) is 6.12. The van der Waals surface area contributed by atoms with Crippen molar-refractivity contribution >= 4 is 16.9 Å². The van der Waals surface area contributed by atoms with E-state index in [0.29, 0.717) is 23.5 Å². The predicted octanol–water partition coefficient (Wildman–Crippen LogP) is 1.14. The van der Waals surface area contributed by atoms with Crippen molar-refractivity contribution < 1.29 is 14.9 Å². The Morgan fingerprint density at radius 2 is 1.92 bits per heavy atom. The second-order valence-corrected chi connectivity index (χ2v) is 6.23. The van der Waals surface area contributed by atoms with Gasteiger partial charge in [-0.1, -0.05) is 13.3 Å². The summed E-state index contributed by atoms with van der Waals surface area (Å²) >= 11 is 0. The number of unbranched alkanes of at least 4 members (excludes halogenated alkanes) is 1. The van der Waals surface area contributed by atoms with Gasteiger partial charge < -0.3 is 25.3 Å². The number of nitrogens with two attached hydrogens (primary N) is 1. The Morgan fingerprint density at radius 1 is 1.21 bits per heavy atom. The fourth-order valence-corrected chi connectivity index (χ4v) is 2.55. The highest BCUT2D eigenvalue weighted by atomic mass is 16.5. The van der Waals surface area contributed by atoms with Gasteiger partial charge in [-0.05, 0) is 20.3 Å². The number of imidazole rings is 1. The van der Waals surface area contributed by atoms with E-state index in [4.69, 9.17) is 10.5 Å². The minimum Gasteiger partial charge on any atom is -0.472 e. The van der Waals surface area contributed by atoms with E-state index >= 15 is 0 Å². The Bertz CT molecular complexity index is 667. The summed E-state index contributed by atoms with van der Waals surface area (Å²) in [5.74, 6) is 1.18. The molecule has 0 aliphatic rings. The second kappa shape index (κ2) is 8.25. The Balaban J connectivity index is 2.59. The summed E-state index contributed by atoms with van der Waals surface area (Å²) in [5, 5.41) is 26.9. The van der Waals surface area contributed by atoms with Crippen molar-refractivity contribution in [3.05, 3.63) is 5.82 Å². The zero-order chi connectivity index (χ0) is 17.7. The molecule has 0 radical (unpaired) electrons. The van der Waals surface area contributed by atoms with E-state index in [1.807, 2.05) is 18.4 Å². The average molecular weight is 337 g/mol. The summed E-state index contributed by atoms with van der Waals surface area (Å²) in [6.07, 6.45) is 2.72. The van der Waals surface area contributed by atoms with Gasteiger partial charge in [0.05, 0.1) is 6.10 Å². The summed E-state index contributed by atoms with van der Waals surface area (Å²) in [6, 6.07) is 0. The van der Waals surface area contributed by atoms with Gasteiger partial charge in [0.15, 0.2) is 5.82 Å². The zero-order valence-electron chi connectivity index (χ0n) is 14.6. The number of aromatic nitrogens is 4. The van der Waals surface area contributed by atoms with Crippen molar-refractivity contribution in [2.45, 2.75) is 52.7 Å². The van der Waals surface area contributed by atoms with E-state index in [-0.39, 0.29) is 31.1 Å². The molecule has 0 aliphatic carbocycles. The molecule has 0 aromatic carbocycles. The van der Waals surface area contributed by atoms with Crippen LogP contribution in [0.1, 0.15) is 39.4 Å². The summed E-state index contributed by atoms with van der Waals surface area (Å²) in [4.78, 5) is 4.63. The fourth-order valence-electron chi connectivity index (χ4n) is 2.55. The molecule has 0 bridgehead atoms. The van der Waals surface area contributed by atoms with Gasteiger partial charge in [-0.2, -0.15) is 0 Å². The number of aliphatic hydroxyl groups excluding tert-OH is 2. The van der Waals surface area contributed by atoms with E-state index in [2.05, 4.69) is 22.1 Å². The molecule has 2 heterocycles. The molecule has 0 aliphatic heterocycles. The SMILES string of the molecule is CCCCc1nc2c(N)nnc(OC(C)C)c2n1CC(CO)CO. The predicted molar refractivity (Wildman–Crippen MR) is 91.8 cm³/mol. The molecule has 0 amide bonds. The number of aliphatic hydroxyl groups is 2. The number of ether oxygens (including phenoxy) is 1. The van der Waals surface area contributed by atoms with E-state index in [0.717, 1.165) is 25.1 Å². The first kappa shape index (κ1) is 18.4. The molecule has 0 saturated carbocycles. The lowest BCUT2D eigenvalue weighted by Gasteiger charge is -2.17. The third-order valence-electron chi connectivity index (χ3n) is 3.80. The molecule has 0 saturated heterocycles. The van der Waals surface area contributed by atoms with E-state index < -0.39 is 0 Å². The molecule has 8 heteroatoms. The van der Waals surface area contributed by atoms with Crippen LogP contribution in [0.4, 0.5) is 5.82 Å². The van der Waals surface area contributed by atoms with Crippen molar-refractivity contribution in [2.24, 2.45) is 5.92 Å². The highest BCUT2D eigenvalue weighted by Gasteiger charge is 2.22. The summed E-state index contributed by atoms with van der Waals surface area (Å²) in [5.41, 5.74) is 7.19. The first-order valence-electron chi connectivity index (χ1n) is 8.41. The number of nitrogen functional groups attached to an aromatic ring is 1. The molecule has 2 aromatic heterocycles. The minimum atomic E-state index is -0.288. The van der Waals surface area contributed by atoms with Gasteiger partial charge in [0.2, 0.25) is 0 Å². The highest BCUT2D eigenvalue weighted by Crippen LogP contribution is 2.29. The van der Waals surface area contributed by atoms with Crippen molar-refractivity contribution in [2.75, 3.05) is 18.9 Å². The standard InChI is InChI=1S/C16H27N5O3/c1-4-5-6-12-18-13-14(21(12)7-11(8-22)9-23)16(24-10(2)3)20-19-15(13)17/h10-11,22-23H,4-9H2,1-3H3,(H2,17,19). The van der Waals surface area contributed by atoms with Gasteiger partial charge in [-0.15, -0.1) is 10.2 Å². The number of anilines is 1. The van der Waals surface area contributed by atoms with E-state index in [1.165, 1.54) is 0 Å². The fraction of sp³-hybridized carbons (Fsp3) is 0.688. The topological polar surface area (TPSA) is 119 Å². The Hall–Kier alpha value is -1.93. The number of hydrogen-bond acceptors (Lipinski definition) is 7. The van der Waals surface area contributed by atoms with Crippen LogP contribution in [0.5, 0.6) is 5.88 Å². The number of rotatable bonds is 9. The third-order valence-corrected chi connectivity index (χ3v) is 3.80. The lowest BCUT2D eigenvalue weighted by atomic mass is 10.1. The van der Waals surface area contributed by atoms with Crippen LogP contribution in [0.15, 0.2) is 0 Å². The normalized spacial score (nSPS) is 11.8. The van der Waals surface area contributed by atoms with Crippen LogP contribution in [0.25, 0.3) is 11.0 Å². The smallest absolute Gasteiger partial charge is 0.260 e. The van der Waals surface area contributed by atoms with E-state index in [1.54, 1.807) is 0 Å². The van der Waals surface area contributed by atoms with Crippen LogP contribution < -0.4 is 10.5 Å². The number of aryl methyl sites for hydroxylation is 1. The Kier molecular flexibility index (Phi) is 6.33. The van der Waals surface area contributed by atoms with Crippen LogP contribution in [0.2, 0.25) is 0 Å². The van der Waals surface area contributed by atoms with Crippen molar-refractivity contribution in [3.63, 3.8) is 0 Å². The van der Waals surface area contributed by atoms with Crippen LogP contribution in [-0.2, 0) is 13.0 Å². The van der Waals surface area contributed by atoms with Gasteiger partial charge in [-0.25, -0.2) is 4.98 Å². The van der Waals surface area contributed by atoms with Crippen LogP contribution in [0, 0.1) is 5.92 Å². The zero-order valence-corrected chi connectivity index (χ0v) is 14.6. The average Bonchev–Trinajstić information content (AvgIpc) is 2.92. The van der Waals surface area contributed by atoms with Gasteiger partial charge in [0.1, 0.15) is 16.9 Å². The van der Waals surface area contributed by atoms with Crippen molar-refractivity contribution in [1.82, 2.24) is 19.7 Å². The van der Waals surface area contributed by atoms with E-state index in [9.17, 15) is 10.2 Å². The molecule has 0 spiro atoms. The molecule has 2 aromatic rings. The molecular weight excluding hydrogens is 310 g/mol. The molecule has 8 nitrogen and oxygen atoms in total. The maximum atomic E-state index is 9.46. The van der Waals surface area contributed by atoms with Gasteiger partial charge in [-0.3, -0.25) is 0 Å². The Morgan fingerprint density at radius 3 is 2.50 bits per heavy atom. The Labute approximate surface area is 141 Å². The molecule has 24 heavy (non-hydrogen) atoms. The number of hydrogen-bond donors (Lipinski definition) is 3. The number of nitrogens with zero attached hydrogens (tertiary/aromatic N) is 4. The number of fused-ring (bicyclic) bond motifs is 1. The lowest BCUT2D eigenvalue weighted by Crippen LogP contribution is -2.20. The quantitative estimate of drug-likeness (QED) is 0.627. The molecule has 0 fully saturated rings. The molecule has 0 unspecified atom stereocenters. The van der Waals surface area contributed by atoms with Crippen LogP contribution in [0.3, 0.4) is 0 Å². The lowest BCUT2D eigenvalue weighted by molar-refractivity contribution is 0.137. The maximum absolute atomic E-state index is 9.46. The molecule has 134 valence electrons. The van der Waals surface area contributed by atoms with Crippen LogP contribution >= 0.6 is 0 Å². The first-order valence-corrected chi connectivity index (χ1v) is 8.41. The minimum absolute atomic E-state index is 0.0694. The molecular formula is C16H27N5O3. The summed E-state index contributed by atoms with van der Waals surface area (Å²) < 4.78 is 7.72. The van der Waals surface area contributed by atoms with Gasteiger partial charge in [0, 0.05) is 32.1 Å². The largest absolute Gasteiger partial charge is 0.472 e. The van der Waals surface area contributed by atoms with Crippen molar-refractivity contribution in [3.8, 4) is 5.88 Å². The molecule has 2 rings (SSSR count). The van der Waals surface area contributed by atoms with Crippen LogP contribution in [-0.4, -0.2) is 49.3 Å². The first-order chi connectivity index (χ1) is 11.5. The van der Waals surface area contributed by atoms with Crippen molar-refractivity contribution in [1.29, 1.82) is 0 Å². The molecule has 0 atom stereocenters. The van der Waals surface area contributed by atoms with Gasteiger partial charge >= 0.3 is 0 Å². The maximum Gasteiger partial charge on any atom is 0.260 e. The third kappa shape index (κ3) is 3.93. The second-order valence-electron chi connectivity index (χ2n) is 6.23.